The van der Waals surface area contributed by atoms with E-state index >= 15 is 0 Å². The number of nitrogens with one attached hydrogen (secondary N) is 6. The maximum Gasteiger partial charge on any atom is 0.314 e. The van der Waals surface area contributed by atoms with Crippen LogP contribution in [0, 0.1) is 0 Å². The molecule has 0 aliphatic heterocycles. The lowest BCUT2D eigenvalue weighted by Crippen LogP contribution is -2.36. The molecule has 0 aliphatic rings. The number of amides is 4. The van der Waals surface area contributed by atoms with Crippen molar-refractivity contribution in [2.75, 3.05) is 52.4 Å². The van der Waals surface area contributed by atoms with Gasteiger partial charge in [0.05, 0.1) is 0 Å². The third kappa shape index (κ3) is 23.0. The van der Waals surface area contributed by atoms with Crippen molar-refractivity contribution in [1.29, 1.82) is 0 Å². The average Bonchev–Trinajstić information content (AvgIpc) is 2.55. The molecule has 0 saturated heterocycles. The summed E-state index contributed by atoms with van der Waals surface area (Å²) in [7, 11) is 0. The van der Waals surface area contributed by atoms with Gasteiger partial charge in [0.15, 0.2) is 0 Å². The largest absolute Gasteiger partial charge is 0.338 e. The van der Waals surface area contributed by atoms with Gasteiger partial charge in [-0.05, 0) is 65.7 Å². The van der Waals surface area contributed by atoms with Crippen molar-refractivity contribution < 1.29 is 9.59 Å². The summed E-state index contributed by atoms with van der Waals surface area (Å²) in [6.45, 7) is 10.4. The van der Waals surface area contributed by atoms with E-state index in [1.54, 1.807) is 0 Å². The van der Waals surface area contributed by atoms with Crippen LogP contribution < -0.4 is 31.9 Å². The molecule has 6 N–H and O–H groups in total. The van der Waals surface area contributed by atoms with Crippen molar-refractivity contribution in [3.05, 3.63) is 0 Å². The zero-order valence-electron chi connectivity index (χ0n) is 16.1. The molecule has 0 aromatic rings. The summed E-state index contributed by atoms with van der Waals surface area (Å²) in [5.74, 6) is 0. The Hall–Kier alpha value is -0.960. The van der Waals surface area contributed by atoms with Crippen molar-refractivity contribution in [1.82, 2.24) is 31.9 Å². The Kier molecular flexibility index (Phi) is 27.5. The monoisotopic (exact) mass is 416 g/mol. The molecule has 0 aromatic heterocycles. The summed E-state index contributed by atoms with van der Waals surface area (Å²) >= 11 is 0. The molecule has 26 heavy (non-hydrogen) atoms. The first-order chi connectivity index (χ1) is 11.7. The molecule has 0 fully saturated rings. The summed E-state index contributed by atoms with van der Waals surface area (Å²) in [5.41, 5.74) is 0. The fourth-order valence-corrected chi connectivity index (χ4v) is 2.03. The molecule has 10 heteroatoms. The Labute approximate surface area is 170 Å². The molecule has 0 spiro atoms. The highest BCUT2D eigenvalue weighted by atomic mass is 35.5. The number of rotatable bonds is 15. The van der Waals surface area contributed by atoms with E-state index in [1.807, 2.05) is 13.8 Å². The van der Waals surface area contributed by atoms with Gasteiger partial charge in [-0.15, -0.1) is 24.8 Å². The minimum absolute atomic E-state index is 0. The van der Waals surface area contributed by atoms with Crippen LogP contribution in [0.4, 0.5) is 9.59 Å². The van der Waals surface area contributed by atoms with Crippen LogP contribution in [0.25, 0.3) is 0 Å². The van der Waals surface area contributed by atoms with Gasteiger partial charge in [0, 0.05) is 26.2 Å². The summed E-state index contributed by atoms with van der Waals surface area (Å²) in [5, 5.41) is 17.7. The number of carbonyl (C=O) groups is 2. The first-order valence-corrected chi connectivity index (χ1v) is 9.15. The fourth-order valence-electron chi connectivity index (χ4n) is 2.03. The number of carbonyl (C=O) groups excluding carboxylic acids is 2. The number of hydrogen-bond donors (Lipinski definition) is 6. The van der Waals surface area contributed by atoms with Gasteiger partial charge in [0.2, 0.25) is 0 Å². The van der Waals surface area contributed by atoms with Crippen molar-refractivity contribution in [3.63, 3.8) is 0 Å². The van der Waals surface area contributed by atoms with Crippen molar-refractivity contribution in [2.45, 2.75) is 39.5 Å². The highest BCUT2D eigenvalue weighted by Gasteiger charge is 1.97. The van der Waals surface area contributed by atoms with Gasteiger partial charge in [-0.3, -0.25) is 0 Å². The molecule has 0 saturated carbocycles. The first kappa shape index (κ1) is 29.8. The molecule has 8 nitrogen and oxygen atoms in total. The van der Waals surface area contributed by atoms with E-state index in [2.05, 4.69) is 31.9 Å². The van der Waals surface area contributed by atoms with E-state index in [-0.39, 0.29) is 36.9 Å². The number of urea groups is 2. The predicted molar refractivity (Wildman–Crippen MR) is 113 cm³/mol. The van der Waals surface area contributed by atoms with Gasteiger partial charge < -0.3 is 31.9 Å². The lowest BCUT2D eigenvalue weighted by Gasteiger charge is -2.08. The number of unbranched alkanes of at least 4 members (excludes halogenated alkanes) is 1. The van der Waals surface area contributed by atoms with Crippen LogP contribution in [0.15, 0.2) is 0 Å². The third-order valence-corrected chi connectivity index (χ3v) is 3.26. The van der Waals surface area contributed by atoms with Gasteiger partial charge in [-0.25, -0.2) is 9.59 Å². The second-order valence-electron chi connectivity index (χ2n) is 5.49. The molecular weight excluding hydrogens is 379 g/mol. The number of halogens is 2. The Bertz CT molecular complexity index is 295. The summed E-state index contributed by atoms with van der Waals surface area (Å²) < 4.78 is 0. The normalized spacial score (nSPS) is 9.46. The van der Waals surface area contributed by atoms with E-state index in [0.29, 0.717) is 26.2 Å². The van der Waals surface area contributed by atoms with E-state index in [0.717, 1.165) is 51.9 Å². The molecule has 0 unspecified atom stereocenters. The van der Waals surface area contributed by atoms with Crippen LogP contribution in [0.5, 0.6) is 0 Å². The molecule has 4 amide bonds. The van der Waals surface area contributed by atoms with Crippen molar-refractivity contribution >= 4 is 36.9 Å². The highest BCUT2D eigenvalue weighted by molar-refractivity contribution is 5.85. The fraction of sp³-hybridized carbons (Fsp3) is 0.875. The Morgan fingerprint density at radius 3 is 1.23 bits per heavy atom. The van der Waals surface area contributed by atoms with Crippen LogP contribution in [-0.4, -0.2) is 64.4 Å². The maximum absolute atomic E-state index is 11.1. The van der Waals surface area contributed by atoms with Gasteiger partial charge in [0.25, 0.3) is 0 Å². The minimum Gasteiger partial charge on any atom is -0.338 e. The second kappa shape index (κ2) is 24.0. The standard InChI is InChI=1S/C16H36N6O2.2ClH/c1-3-19-15(23)21-13-7-11-17-9-5-6-10-18-12-8-14-22-16(24)20-4-2;;/h17-18H,3-14H2,1-2H3,(H2,19,21,23)(H2,20,22,24);2*1H. The Morgan fingerprint density at radius 2 is 0.885 bits per heavy atom. The summed E-state index contributed by atoms with van der Waals surface area (Å²) in [6, 6.07) is -0.186. The Balaban J connectivity index is -0.00000264. The van der Waals surface area contributed by atoms with Crippen molar-refractivity contribution in [2.24, 2.45) is 0 Å². The molecule has 0 aliphatic carbocycles. The van der Waals surface area contributed by atoms with Gasteiger partial charge in [-0.1, -0.05) is 0 Å². The third-order valence-electron chi connectivity index (χ3n) is 3.26. The number of hydrogen-bond acceptors (Lipinski definition) is 4. The molecule has 0 aromatic carbocycles. The van der Waals surface area contributed by atoms with Crippen LogP contribution >= 0.6 is 24.8 Å². The lowest BCUT2D eigenvalue weighted by atomic mass is 10.3. The maximum atomic E-state index is 11.1. The van der Waals surface area contributed by atoms with E-state index in [4.69, 9.17) is 0 Å². The van der Waals surface area contributed by atoms with Gasteiger partial charge in [-0.2, -0.15) is 0 Å². The molecular formula is C16H38Cl2N6O2. The van der Waals surface area contributed by atoms with Crippen LogP contribution in [0.2, 0.25) is 0 Å². The lowest BCUT2D eigenvalue weighted by molar-refractivity contribution is 0.240. The highest BCUT2D eigenvalue weighted by Crippen LogP contribution is 1.85. The average molecular weight is 417 g/mol. The van der Waals surface area contributed by atoms with E-state index < -0.39 is 0 Å². The molecule has 0 rings (SSSR count). The van der Waals surface area contributed by atoms with Gasteiger partial charge >= 0.3 is 12.1 Å². The smallest absolute Gasteiger partial charge is 0.314 e. The molecule has 158 valence electrons. The van der Waals surface area contributed by atoms with E-state index in [1.165, 1.54) is 0 Å². The van der Waals surface area contributed by atoms with Crippen molar-refractivity contribution in [3.8, 4) is 0 Å². The van der Waals surface area contributed by atoms with Gasteiger partial charge in [0.1, 0.15) is 0 Å². The SMILES string of the molecule is CCNC(=O)NCCCNCCCCNCCCNC(=O)NCC.Cl.Cl. The molecule has 0 radical (unpaired) electrons. The van der Waals surface area contributed by atoms with Crippen LogP contribution in [0.1, 0.15) is 39.5 Å². The summed E-state index contributed by atoms with van der Waals surface area (Å²) in [4.78, 5) is 22.3. The van der Waals surface area contributed by atoms with E-state index in [9.17, 15) is 9.59 Å². The predicted octanol–water partition coefficient (Wildman–Crippen LogP) is 1.21. The minimum atomic E-state index is -0.0928. The second-order valence-corrected chi connectivity index (χ2v) is 5.49. The zero-order valence-corrected chi connectivity index (χ0v) is 17.8. The van der Waals surface area contributed by atoms with Crippen LogP contribution in [0.3, 0.4) is 0 Å². The molecule has 0 heterocycles. The molecule has 0 atom stereocenters. The molecule has 0 bridgehead atoms. The topological polar surface area (TPSA) is 106 Å². The van der Waals surface area contributed by atoms with Crippen LogP contribution in [-0.2, 0) is 0 Å². The summed E-state index contributed by atoms with van der Waals surface area (Å²) in [6.07, 6.45) is 4.14. The first-order valence-electron chi connectivity index (χ1n) is 9.15. The quantitative estimate of drug-likeness (QED) is 0.225. The Morgan fingerprint density at radius 1 is 0.538 bits per heavy atom. The zero-order chi connectivity index (χ0) is 17.9.